The van der Waals surface area contributed by atoms with Gasteiger partial charge in [-0.25, -0.2) is 8.78 Å². The lowest BCUT2D eigenvalue weighted by atomic mass is 10.1. The Hall–Kier alpha value is -2.27. The number of hydrogen-bond acceptors (Lipinski definition) is 2. The van der Waals surface area contributed by atoms with E-state index in [9.17, 15) is 13.6 Å². The molecule has 2 aromatic carbocycles. The van der Waals surface area contributed by atoms with Crippen LogP contribution in [0.2, 0.25) is 0 Å². The van der Waals surface area contributed by atoms with Crippen molar-refractivity contribution in [3.05, 3.63) is 64.7 Å². The number of carbonyl (C=O) groups is 1. The van der Waals surface area contributed by atoms with Gasteiger partial charge in [-0.2, -0.15) is 0 Å². The second-order valence-electron chi connectivity index (χ2n) is 4.36. The number of halogens is 2. The molecule has 3 nitrogen and oxygen atoms in total. The average molecular weight is 277 g/mol. The van der Waals surface area contributed by atoms with Crippen molar-refractivity contribution in [2.24, 2.45) is 0 Å². The SMILES string of the molecule is Cc1ccc(F)c(C(=O)Nc2ccc(CO)cc2)c1F. The Balaban J connectivity index is 2.26. The maximum atomic E-state index is 13.8. The minimum absolute atomic E-state index is 0.116. The molecule has 2 rings (SSSR count). The summed E-state index contributed by atoms with van der Waals surface area (Å²) in [7, 11) is 0. The van der Waals surface area contributed by atoms with E-state index in [1.54, 1.807) is 24.3 Å². The van der Waals surface area contributed by atoms with Crippen molar-refractivity contribution in [3.63, 3.8) is 0 Å². The van der Waals surface area contributed by atoms with Crippen LogP contribution in [0.4, 0.5) is 14.5 Å². The van der Waals surface area contributed by atoms with E-state index in [2.05, 4.69) is 5.32 Å². The summed E-state index contributed by atoms with van der Waals surface area (Å²) < 4.78 is 27.4. The van der Waals surface area contributed by atoms with E-state index in [1.165, 1.54) is 13.0 Å². The normalized spacial score (nSPS) is 10.4. The van der Waals surface area contributed by atoms with Gasteiger partial charge >= 0.3 is 0 Å². The quantitative estimate of drug-likeness (QED) is 0.906. The molecule has 0 atom stereocenters. The number of aliphatic hydroxyl groups is 1. The fourth-order valence-corrected chi connectivity index (χ4v) is 1.75. The highest BCUT2D eigenvalue weighted by atomic mass is 19.1. The summed E-state index contributed by atoms with van der Waals surface area (Å²) in [6, 6.07) is 8.65. The molecule has 104 valence electrons. The van der Waals surface area contributed by atoms with Crippen molar-refractivity contribution < 1.29 is 18.7 Å². The van der Waals surface area contributed by atoms with E-state index in [0.29, 0.717) is 11.3 Å². The van der Waals surface area contributed by atoms with Crippen LogP contribution in [0.15, 0.2) is 36.4 Å². The molecular weight excluding hydrogens is 264 g/mol. The Bertz CT molecular complexity index is 639. The van der Waals surface area contributed by atoms with Gasteiger partial charge in [-0.3, -0.25) is 4.79 Å². The van der Waals surface area contributed by atoms with Crippen molar-refractivity contribution in [3.8, 4) is 0 Å². The number of nitrogens with one attached hydrogen (secondary N) is 1. The molecule has 0 aromatic heterocycles. The first-order valence-corrected chi connectivity index (χ1v) is 5.98. The molecule has 0 aliphatic rings. The molecule has 2 aromatic rings. The van der Waals surface area contributed by atoms with Gasteiger partial charge in [-0.15, -0.1) is 0 Å². The smallest absolute Gasteiger partial charge is 0.261 e. The summed E-state index contributed by atoms with van der Waals surface area (Å²) in [5.74, 6) is -2.62. The van der Waals surface area contributed by atoms with E-state index in [1.807, 2.05) is 0 Å². The molecule has 0 aliphatic heterocycles. The van der Waals surface area contributed by atoms with E-state index in [-0.39, 0.29) is 12.2 Å². The third kappa shape index (κ3) is 2.83. The topological polar surface area (TPSA) is 49.3 Å². The zero-order chi connectivity index (χ0) is 14.7. The Morgan fingerprint density at radius 2 is 1.80 bits per heavy atom. The van der Waals surface area contributed by atoms with Gasteiger partial charge in [0.05, 0.1) is 6.61 Å². The Morgan fingerprint density at radius 1 is 1.15 bits per heavy atom. The summed E-state index contributed by atoms with van der Waals surface area (Å²) in [5, 5.41) is 11.3. The molecule has 0 saturated heterocycles. The lowest BCUT2D eigenvalue weighted by molar-refractivity contribution is 0.101. The van der Waals surface area contributed by atoms with Crippen molar-refractivity contribution in [2.45, 2.75) is 13.5 Å². The molecule has 5 heteroatoms. The highest BCUT2D eigenvalue weighted by molar-refractivity contribution is 6.04. The maximum Gasteiger partial charge on any atom is 0.261 e. The van der Waals surface area contributed by atoms with Crippen molar-refractivity contribution >= 4 is 11.6 Å². The first kappa shape index (κ1) is 14.1. The third-order valence-electron chi connectivity index (χ3n) is 2.91. The van der Waals surface area contributed by atoms with E-state index >= 15 is 0 Å². The lowest BCUT2D eigenvalue weighted by Crippen LogP contribution is -2.16. The van der Waals surface area contributed by atoms with Crippen LogP contribution in [0, 0.1) is 18.6 Å². The molecule has 0 heterocycles. The number of aliphatic hydroxyl groups excluding tert-OH is 1. The van der Waals surface area contributed by atoms with Gasteiger partial charge in [-0.1, -0.05) is 18.2 Å². The van der Waals surface area contributed by atoms with Crippen LogP contribution in [0.1, 0.15) is 21.5 Å². The van der Waals surface area contributed by atoms with Crippen LogP contribution >= 0.6 is 0 Å². The van der Waals surface area contributed by atoms with Gasteiger partial charge in [0.15, 0.2) is 0 Å². The minimum atomic E-state index is -0.905. The highest BCUT2D eigenvalue weighted by Gasteiger charge is 2.19. The van der Waals surface area contributed by atoms with Gasteiger partial charge in [0.2, 0.25) is 0 Å². The zero-order valence-electron chi connectivity index (χ0n) is 10.8. The largest absolute Gasteiger partial charge is 0.392 e. The summed E-state index contributed by atoms with van der Waals surface area (Å²) in [5.41, 5.74) is 0.673. The molecule has 2 N–H and O–H groups in total. The van der Waals surface area contributed by atoms with Crippen LogP contribution in [-0.2, 0) is 6.61 Å². The number of amides is 1. The number of rotatable bonds is 3. The Kier molecular flexibility index (Phi) is 4.10. The van der Waals surface area contributed by atoms with Crippen LogP contribution in [0.25, 0.3) is 0 Å². The zero-order valence-corrected chi connectivity index (χ0v) is 10.8. The van der Waals surface area contributed by atoms with Crippen molar-refractivity contribution in [1.29, 1.82) is 0 Å². The number of anilines is 1. The van der Waals surface area contributed by atoms with Crippen LogP contribution in [0.5, 0.6) is 0 Å². The van der Waals surface area contributed by atoms with Gasteiger partial charge in [0, 0.05) is 5.69 Å². The van der Waals surface area contributed by atoms with Crippen LogP contribution in [-0.4, -0.2) is 11.0 Å². The summed E-state index contributed by atoms with van der Waals surface area (Å²) in [6.45, 7) is 1.34. The standard InChI is InChI=1S/C15H13F2NO2/c1-9-2-7-12(16)13(14(9)17)15(20)18-11-5-3-10(8-19)4-6-11/h2-7,19H,8H2,1H3,(H,18,20). The van der Waals surface area contributed by atoms with Gasteiger partial charge in [-0.05, 0) is 36.2 Å². The second kappa shape index (κ2) is 5.79. The van der Waals surface area contributed by atoms with E-state index in [0.717, 1.165) is 6.07 Å². The van der Waals surface area contributed by atoms with E-state index in [4.69, 9.17) is 5.11 Å². The molecule has 0 unspecified atom stereocenters. The number of carbonyl (C=O) groups excluding carboxylic acids is 1. The van der Waals surface area contributed by atoms with Gasteiger partial charge < -0.3 is 10.4 Å². The molecule has 0 spiro atoms. The van der Waals surface area contributed by atoms with E-state index < -0.39 is 23.1 Å². The average Bonchev–Trinajstić information content (AvgIpc) is 2.44. The summed E-state index contributed by atoms with van der Waals surface area (Å²) in [4.78, 5) is 11.9. The highest BCUT2D eigenvalue weighted by Crippen LogP contribution is 2.18. The third-order valence-corrected chi connectivity index (χ3v) is 2.91. The summed E-state index contributed by atoms with van der Waals surface area (Å²) >= 11 is 0. The monoisotopic (exact) mass is 277 g/mol. The Labute approximate surface area is 114 Å². The molecule has 1 amide bonds. The van der Waals surface area contributed by atoms with Crippen molar-refractivity contribution in [1.82, 2.24) is 0 Å². The fourth-order valence-electron chi connectivity index (χ4n) is 1.75. The molecular formula is C15H13F2NO2. The predicted octanol–water partition coefficient (Wildman–Crippen LogP) is 3.02. The number of benzene rings is 2. The lowest BCUT2D eigenvalue weighted by Gasteiger charge is -2.09. The Morgan fingerprint density at radius 3 is 2.40 bits per heavy atom. The first-order chi connectivity index (χ1) is 9.52. The molecule has 0 bridgehead atoms. The maximum absolute atomic E-state index is 13.8. The fraction of sp³-hybridized carbons (Fsp3) is 0.133. The van der Waals surface area contributed by atoms with Crippen LogP contribution < -0.4 is 5.32 Å². The summed E-state index contributed by atoms with van der Waals surface area (Å²) in [6.07, 6.45) is 0. The van der Waals surface area contributed by atoms with Crippen LogP contribution in [0.3, 0.4) is 0 Å². The molecule has 20 heavy (non-hydrogen) atoms. The molecule has 0 aliphatic carbocycles. The van der Waals surface area contributed by atoms with Gasteiger partial charge in [0.1, 0.15) is 17.2 Å². The predicted molar refractivity (Wildman–Crippen MR) is 71.4 cm³/mol. The number of aryl methyl sites for hydroxylation is 1. The second-order valence-corrected chi connectivity index (χ2v) is 4.36. The van der Waals surface area contributed by atoms with Crippen molar-refractivity contribution in [2.75, 3.05) is 5.32 Å². The minimum Gasteiger partial charge on any atom is -0.392 e. The molecule has 0 radical (unpaired) electrons. The number of hydrogen-bond donors (Lipinski definition) is 2. The van der Waals surface area contributed by atoms with Gasteiger partial charge in [0.25, 0.3) is 5.91 Å². The molecule has 0 fully saturated rings. The first-order valence-electron chi connectivity index (χ1n) is 5.98. The molecule has 0 saturated carbocycles.